The molecule has 1 aliphatic heterocycles. The van der Waals surface area contributed by atoms with Gasteiger partial charge in [0.1, 0.15) is 11.9 Å². The van der Waals surface area contributed by atoms with Crippen molar-refractivity contribution >= 4 is 11.6 Å². The Morgan fingerprint density at radius 2 is 2.29 bits per heavy atom. The maximum absolute atomic E-state index is 6.36. The van der Waals surface area contributed by atoms with Crippen molar-refractivity contribution in [1.29, 1.82) is 0 Å². The van der Waals surface area contributed by atoms with Crippen molar-refractivity contribution in [3.05, 3.63) is 28.8 Å². The molecule has 3 nitrogen and oxygen atoms in total. The van der Waals surface area contributed by atoms with Gasteiger partial charge in [-0.25, -0.2) is 0 Å². The predicted molar refractivity (Wildman–Crippen MR) is 85.0 cm³/mol. The van der Waals surface area contributed by atoms with Crippen molar-refractivity contribution in [2.24, 2.45) is 0 Å². The van der Waals surface area contributed by atoms with Crippen LogP contribution in [0.5, 0.6) is 5.75 Å². The van der Waals surface area contributed by atoms with E-state index in [0.717, 1.165) is 43.9 Å². The molecule has 3 rings (SSSR count). The van der Waals surface area contributed by atoms with Crippen LogP contribution in [0.3, 0.4) is 0 Å². The minimum atomic E-state index is 0.103. The first-order chi connectivity index (χ1) is 10.2. The zero-order valence-electron chi connectivity index (χ0n) is 12.7. The Labute approximate surface area is 132 Å². The van der Waals surface area contributed by atoms with E-state index in [0.29, 0.717) is 5.02 Å². The summed E-state index contributed by atoms with van der Waals surface area (Å²) < 4.78 is 12.3. The fourth-order valence-electron chi connectivity index (χ4n) is 3.25. The van der Waals surface area contributed by atoms with Gasteiger partial charge in [0.05, 0.1) is 17.2 Å². The number of rotatable bonds is 5. The normalized spacial score (nSPS) is 23.8. The van der Waals surface area contributed by atoms with Gasteiger partial charge in [-0.05, 0) is 31.9 Å². The lowest BCUT2D eigenvalue weighted by molar-refractivity contribution is -0.153. The van der Waals surface area contributed by atoms with Gasteiger partial charge >= 0.3 is 0 Å². The van der Waals surface area contributed by atoms with E-state index in [-0.39, 0.29) is 11.7 Å². The first kappa shape index (κ1) is 15.1. The third-order valence-electron chi connectivity index (χ3n) is 4.61. The van der Waals surface area contributed by atoms with E-state index >= 15 is 0 Å². The molecule has 2 aliphatic rings. The molecule has 1 saturated heterocycles. The second-order valence-corrected chi connectivity index (χ2v) is 6.53. The molecule has 0 bridgehead atoms. The Hall–Kier alpha value is -0.770. The molecule has 2 fully saturated rings. The fraction of sp³-hybridized carbons (Fsp3) is 0.647. The highest BCUT2D eigenvalue weighted by Gasteiger charge is 2.43. The van der Waals surface area contributed by atoms with Gasteiger partial charge in [0.25, 0.3) is 0 Å². The van der Waals surface area contributed by atoms with Crippen LogP contribution in [0.4, 0.5) is 0 Å². The van der Waals surface area contributed by atoms with Gasteiger partial charge in [-0.1, -0.05) is 30.7 Å². The average molecular weight is 310 g/mol. The molecule has 116 valence electrons. The van der Waals surface area contributed by atoms with E-state index in [9.17, 15) is 0 Å². The summed E-state index contributed by atoms with van der Waals surface area (Å²) in [4.78, 5) is 0. The maximum Gasteiger partial charge on any atom is 0.142 e. The SMILES string of the molecule is CCNCc1cccc(Cl)c1OC1CCOC2(CCC2)C1. The van der Waals surface area contributed by atoms with Crippen molar-refractivity contribution in [3.63, 3.8) is 0 Å². The van der Waals surface area contributed by atoms with Crippen molar-refractivity contribution in [2.75, 3.05) is 13.2 Å². The standard InChI is InChI=1S/C17H24ClNO2/c1-2-19-12-13-5-3-6-15(18)16(13)21-14-7-10-20-17(11-14)8-4-9-17/h3,5-6,14,19H,2,4,7-12H2,1H3. The van der Waals surface area contributed by atoms with E-state index in [1.165, 1.54) is 19.3 Å². The van der Waals surface area contributed by atoms with Gasteiger partial charge in [-0.2, -0.15) is 0 Å². The number of para-hydroxylation sites is 1. The number of benzene rings is 1. The Balaban J connectivity index is 1.71. The molecule has 0 radical (unpaired) electrons. The summed E-state index contributed by atoms with van der Waals surface area (Å²) in [7, 11) is 0. The summed E-state index contributed by atoms with van der Waals surface area (Å²) in [5, 5.41) is 4.05. The Morgan fingerprint density at radius 3 is 3.00 bits per heavy atom. The molecule has 1 atom stereocenters. The Kier molecular flexibility index (Phi) is 4.72. The molecule has 1 aliphatic carbocycles. The topological polar surface area (TPSA) is 30.5 Å². The van der Waals surface area contributed by atoms with E-state index in [2.05, 4.69) is 18.3 Å². The molecule has 1 saturated carbocycles. The quantitative estimate of drug-likeness (QED) is 0.894. The molecule has 1 unspecified atom stereocenters. The minimum Gasteiger partial charge on any atom is -0.488 e. The molecule has 4 heteroatoms. The fourth-order valence-corrected chi connectivity index (χ4v) is 3.49. The largest absolute Gasteiger partial charge is 0.488 e. The predicted octanol–water partition coefficient (Wildman–Crippen LogP) is 3.93. The number of hydrogen-bond acceptors (Lipinski definition) is 3. The molecule has 21 heavy (non-hydrogen) atoms. The van der Waals surface area contributed by atoms with Gasteiger partial charge in [-0.3, -0.25) is 0 Å². The highest BCUT2D eigenvalue weighted by molar-refractivity contribution is 6.32. The molecule has 1 N–H and O–H groups in total. The first-order valence-corrected chi connectivity index (χ1v) is 8.39. The molecule has 1 spiro atoms. The molecule has 1 aromatic rings. The number of ether oxygens (including phenoxy) is 2. The summed E-state index contributed by atoms with van der Waals surface area (Å²) in [5.41, 5.74) is 1.24. The van der Waals surface area contributed by atoms with Crippen LogP contribution < -0.4 is 10.1 Å². The second kappa shape index (κ2) is 6.55. The van der Waals surface area contributed by atoms with Crippen LogP contribution in [0.2, 0.25) is 5.02 Å². The van der Waals surface area contributed by atoms with Crippen LogP contribution in [0, 0.1) is 0 Å². The van der Waals surface area contributed by atoms with Gasteiger partial charge < -0.3 is 14.8 Å². The van der Waals surface area contributed by atoms with Crippen LogP contribution in [-0.4, -0.2) is 24.9 Å². The van der Waals surface area contributed by atoms with E-state index < -0.39 is 0 Å². The maximum atomic E-state index is 6.36. The first-order valence-electron chi connectivity index (χ1n) is 8.01. The smallest absolute Gasteiger partial charge is 0.142 e. The second-order valence-electron chi connectivity index (χ2n) is 6.13. The van der Waals surface area contributed by atoms with Crippen LogP contribution in [-0.2, 0) is 11.3 Å². The molecule has 1 heterocycles. The average Bonchev–Trinajstić information content (AvgIpc) is 2.46. The van der Waals surface area contributed by atoms with Gasteiger partial charge in [0, 0.05) is 24.9 Å². The van der Waals surface area contributed by atoms with Crippen LogP contribution in [0.1, 0.15) is 44.6 Å². The monoisotopic (exact) mass is 309 g/mol. The summed E-state index contributed by atoms with van der Waals surface area (Å²) >= 11 is 6.36. The molecule has 1 aromatic carbocycles. The summed E-state index contributed by atoms with van der Waals surface area (Å²) in [6.45, 7) is 4.63. The zero-order valence-corrected chi connectivity index (χ0v) is 13.4. The Morgan fingerprint density at radius 1 is 1.43 bits per heavy atom. The number of halogens is 1. The minimum absolute atomic E-state index is 0.103. The van der Waals surface area contributed by atoms with Gasteiger partial charge in [0.15, 0.2) is 0 Å². The van der Waals surface area contributed by atoms with Crippen LogP contribution in [0.25, 0.3) is 0 Å². The van der Waals surface area contributed by atoms with Crippen molar-refractivity contribution < 1.29 is 9.47 Å². The lowest BCUT2D eigenvalue weighted by atomic mass is 9.74. The summed E-state index contributed by atoms with van der Waals surface area (Å²) in [6, 6.07) is 5.98. The molecular weight excluding hydrogens is 286 g/mol. The van der Waals surface area contributed by atoms with E-state index in [1.807, 2.05) is 12.1 Å². The summed E-state index contributed by atoms with van der Waals surface area (Å²) in [5.74, 6) is 0.849. The van der Waals surface area contributed by atoms with Crippen molar-refractivity contribution in [2.45, 2.75) is 57.3 Å². The molecule has 0 amide bonds. The van der Waals surface area contributed by atoms with Crippen molar-refractivity contribution in [3.8, 4) is 5.75 Å². The van der Waals surface area contributed by atoms with E-state index in [4.69, 9.17) is 21.1 Å². The molecule has 0 aromatic heterocycles. The zero-order chi connectivity index (χ0) is 14.7. The van der Waals surface area contributed by atoms with Crippen LogP contribution in [0.15, 0.2) is 18.2 Å². The molecular formula is C17H24ClNO2. The Bertz CT molecular complexity index is 488. The third kappa shape index (κ3) is 3.36. The number of nitrogens with one attached hydrogen (secondary N) is 1. The highest BCUT2D eigenvalue weighted by Crippen LogP contribution is 2.43. The third-order valence-corrected chi connectivity index (χ3v) is 4.91. The van der Waals surface area contributed by atoms with Crippen molar-refractivity contribution in [1.82, 2.24) is 5.32 Å². The lowest BCUT2D eigenvalue weighted by Crippen LogP contribution is -2.48. The van der Waals surface area contributed by atoms with E-state index in [1.54, 1.807) is 0 Å². The number of hydrogen-bond donors (Lipinski definition) is 1. The van der Waals surface area contributed by atoms with Gasteiger partial charge in [0.2, 0.25) is 0 Å². The lowest BCUT2D eigenvalue weighted by Gasteiger charge is -2.47. The van der Waals surface area contributed by atoms with Crippen LogP contribution >= 0.6 is 11.6 Å². The summed E-state index contributed by atoms with van der Waals surface area (Å²) in [6.07, 6.45) is 5.82. The van der Waals surface area contributed by atoms with Gasteiger partial charge in [-0.15, -0.1) is 0 Å². The highest BCUT2D eigenvalue weighted by atomic mass is 35.5.